The average Bonchev–Trinajstić information content (AvgIpc) is 3.19. The van der Waals surface area contributed by atoms with Crippen LogP contribution in [0.3, 0.4) is 0 Å². The Labute approximate surface area is 158 Å². The number of ether oxygens (including phenoxy) is 1. The number of aliphatic carboxylic acids is 1. The van der Waals surface area contributed by atoms with Crippen LogP contribution in [0.15, 0.2) is 18.2 Å². The first kappa shape index (κ1) is 19.2. The molecule has 7 heteroatoms. The minimum atomic E-state index is -0.930. The Morgan fingerprint density at radius 2 is 1.63 bits per heavy atom. The number of rotatable bonds is 5. The van der Waals surface area contributed by atoms with Crippen LogP contribution >= 0.6 is 0 Å². The average molecular weight is 374 g/mol. The van der Waals surface area contributed by atoms with Crippen molar-refractivity contribution >= 4 is 17.8 Å². The van der Waals surface area contributed by atoms with Gasteiger partial charge in [-0.05, 0) is 75.1 Å². The van der Waals surface area contributed by atoms with Gasteiger partial charge in [0.25, 0.3) is 5.91 Å². The lowest BCUT2D eigenvalue weighted by Gasteiger charge is -2.27. The van der Waals surface area contributed by atoms with Gasteiger partial charge in [0.1, 0.15) is 5.75 Å². The first-order valence-corrected chi connectivity index (χ1v) is 9.33. The standard InChI is InChI=1S/C20H26N2O5/c1-10-6-11(2)8-15(7-10)27-12(3)18(23)21-22-19(24)16-13-4-5-14(9-13)17(16)20(25)26/h6-8,12-14,16-17H,4-5,9H2,1-3H3,(H,21,23)(H,22,24)(H,25,26)/t12-,13+,14+,16-,17-/m1/s1. The lowest BCUT2D eigenvalue weighted by atomic mass is 9.79. The summed E-state index contributed by atoms with van der Waals surface area (Å²) in [4.78, 5) is 36.3. The Morgan fingerprint density at radius 1 is 1.04 bits per heavy atom. The number of carboxylic acids is 1. The second kappa shape index (κ2) is 7.58. The van der Waals surface area contributed by atoms with Gasteiger partial charge in [0.05, 0.1) is 11.8 Å². The maximum Gasteiger partial charge on any atom is 0.307 e. The number of hydrogen-bond donors (Lipinski definition) is 3. The van der Waals surface area contributed by atoms with Crippen LogP contribution in [0.5, 0.6) is 5.75 Å². The van der Waals surface area contributed by atoms with E-state index in [1.54, 1.807) is 6.92 Å². The van der Waals surface area contributed by atoms with Crippen molar-refractivity contribution in [1.29, 1.82) is 0 Å². The molecule has 0 unspecified atom stereocenters. The van der Waals surface area contributed by atoms with Gasteiger partial charge in [0.15, 0.2) is 6.10 Å². The highest BCUT2D eigenvalue weighted by Crippen LogP contribution is 2.52. The molecule has 2 saturated carbocycles. The van der Waals surface area contributed by atoms with Crippen LogP contribution in [-0.2, 0) is 14.4 Å². The maximum atomic E-state index is 12.5. The van der Waals surface area contributed by atoms with Crippen molar-refractivity contribution in [3.63, 3.8) is 0 Å². The highest BCUT2D eigenvalue weighted by atomic mass is 16.5. The molecule has 2 aliphatic carbocycles. The zero-order valence-corrected chi connectivity index (χ0v) is 15.8. The molecule has 1 aromatic carbocycles. The Balaban J connectivity index is 1.55. The first-order chi connectivity index (χ1) is 12.8. The van der Waals surface area contributed by atoms with Gasteiger partial charge < -0.3 is 9.84 Å². The predicted octanol–water partition coefficient (Wildman–Crippen LogP) is 1.97. The van der Waals surface area contributed by atoms with Crippen LogP contribution in [0.25, 0.3) is 0 Å². The van der Waals surface area contributed by atoms with Gasteiger partial charge in [0.2, 0.25) is 5.91 Å². The van der Waals surface area contributed by atoms with Crippen molar-refractivity contribution < 1.29 is 24.2 Å². The summed E-state index contributed by atoms with van der Waals surface area (Å²) in [6.07, 6.45) is 1.70. The van der Waals surface area contributed by atoms with Crippen molar-refractivity contribution in [2.24, 2.45) is 23.7 Å². The molecule has 3 N–H and O–H groups in total. The summed E-state index contributed by atoms with van der Waals surface area (Å²) in [5.41, 5.74) is 6.83. The normalized spacial score (nSPS) is 27.1. The molecule has 2 aliphatic rings. The van der Waals surface area contributed by atoms with E-state index in [2.05, 4.69) is 10.9 Å². The number of fused-ring (bicyclic) bond motifs is 2. The topological polar surface area (TPSA) is 105 Å². The molecular weight excluding hydrogens is 348 g/mol. The number of amides is 2. The second-order valence-electron chi connectivity index (χ2n) is 7.79. The number of carbonyl (C=O) groups is 3. The lowest BCUT2D eigenvalue weighted by Crippen LogP contribution is -2.51. The van der Waals surface area contributed by atoms with Crippen LogP contribution in [0, 0.1) is 37.5 Å². The summed E-state index contributed by atoms with van der Waals surface area (Å²) in [5, 5.41) is 9.44. The summed E-state index contributed by atoms with van der Waals surface area (Å²) >= 11 is 0. The predicted molar refractivity (Wildman–Crippen MR) is 97.7 cm³/mol. The van der Waals surface area contributed by atoms with E-state index in [1.165, 1.54) is 0 Å². The Morgan fingerprint density at radius 3 is 2.22 bits per heavy atom. The molecule has 1 aromatic rings. The van der Waals surface area contributed by atoms with E-state index in [9.17, 15) is 19.5 Å². The highest BCUT2D eigenvalue weighted by molar-refractivity contribution is 5.89. The second-order valence-corrected chi connectivity index (χ2v) is 7.79. The van der Waals surface area contributed by atoms with Crippen LogP contribution in [0.1, 0.15) is 37.3 Å². The minimum Gasteiger partial charge on any atom is -0.481 e. The van der Waals surface area contributed by atoms with E-state index < -0.39 is 35.7 Å². The Kier molecular flexibility index (Phi) is 5.39. The number of hydrazine groups is 1. The highest BCUT2D eigenvalue weighted by Gasteiger charge is 2.54. The molecule has 0 spiro atoms. The summed E-state index contributed by atoms with van der Waals surface area (Å²) in [6.45, 7) is 5.48. The molecular formula is C20H26N2O5. The third-order valence-electron chi connectivity index (χ3n) is 5.69. The van der Waals surface area contributed by atoms with Crippen LogP contribution in [-0.4, -0.2) is 29.0 Å². The molecule has 0 saturated heterocycles. The fourth-order valence-electron chi connectivity index (χ4n) is 4.59. The van der Waals surface area contributed by atoms with Crippen molar-refractivity contribution in [3.8, 4) is 5.75 Å². The number of benzene rings is 1. The molecule has 0 aliphatic heterocycles. The molecule has 2 bridgehead atoms. The number of carbonyl (C=O) groups excluding carboxylic acids is 2. The maximum absolute atomic E-state index is 12.5. The number of nitrogens with one attached hydrogen (secondary N) is 2. The van der Waals surface area contributed by atoms with E-state index in [4.69, 9.17) is 4.74 Å². The third kappa shape index (κ3) is 4.07. The fraction of sp³-hybridized carbons (Fsp3) is 0.550. The number of carboxylic acid groups (broad SMARTS) is 1. The van der Waals surface area contributed by atoms with E-state index in [0.29, 0.717) is 5.75 Å². The summed E-state index contributed by atoms with van der Waals surface area (Å²) < 4.78 is 5.65. The SMILES string of the molecule is Cc1cc(C)cc(O[C@H](C)C(=O)NNC(=O)[C@@H]2[C@H]3CC[C@@H](C3)[C@H]2C(=O)O)c1. The molecule has 3 rings (SSSR count). The molecule has 2 fully saturated rings. The largest absolute Gasteiger partial charge is 0.481 e. The molecule has 27 heavy (non-hydrogen) atoms. The lowest BCUT2D eigenvalue weighted by molar-refractivity contribution is -0.150. The van der Waals surface area contributed by atoms with Crippen molar-refractivity contribution in [2.75, 3.05) is 0 Å². The van der Waals surface area contributed by atoms with Crippen molar-refractivity contribution in [3.05, 3.63) is 29.3 Å². The summed E-state index contributed by atoms with van der Waals surface area (Å²) in [6, 6.07) is 5.68. The zero-order valence-electron chi connectivity index (χ0n) is 15.8. The van der Waals surface area contributed by atoms with E-state index in [-0.39, 0.29) is 11.8 Å². The van der Waals surface area contributed by atoms with Crippen molar-refractivity contribution in [1.82, 2.24) is 10.9 Å². The molecule has 0 aromatic heterocycles. The zero-order chi connectivity index (χ0) is 19.7. The van der Waals surface area contributed by atoms with Gasteiger partial charge in [-0.2, -0.15) is 0 Å². The van der Waals surface area contributed by atoms with Gasteiger partial charge >= 0.3 is 5.97 Å². The first-order valence-electron chi connectivity index (χ1n) is 9.33. The molecule has 7 nitrogen and oxygen atoms in total. The van der Waals surface area contributed by atoms with E-state index in [0.717, 1.165) is 30.4 Å². The fourth-order valence-corrected chi connectivity index (χ4v) is 4.59. The molecule has 0 heterocycles. The Hall–Kier alpha value is -2.57. The van der Waals surface area contributed by atoms with Crippen LogP contribution in [0.2, 0.25) is 0 Å². The van der Waals surface area contributed by atoms with E-state index in [1.807, 2.05) is 32.0 Å². The van der Waals surface area contributed by atoms with Gasteiger partial charge in [-0.1, -0.05) is 6.07 Å². The summed E-state index contributed by atoms with van der Waals surface area (Å²) in [5.74, 6) is -2.37. The van der Waals surface area contributed by atoms with Gasteiger partial charge in [-0.15, -0.1) is 0 Å². The van der Waals surface area contributed by atoms with Crippen molar-refractivity contribution in [2.45, 2.75) is 46.1 Å². The summed E-state index contributed by atoms with van der Waals surface area (Å²) in [7, 11) is 0. The van der Waals surface area contributed by atoms with Gasteiger partial charge in [-0.25, -0.2) is 0 Å². The molecule has 5 atom stereocenters. The molecule has 146 valence electrons. The molecule has 0 radical (unpaired) electrons. The quantitative estimate of drug-likeness (QED) is 0.684. The van der Waals surface area contributed by atoms with Crippen LogP contribution in [0.4, 0.5) is 0 Å². The van der Waals surface area contributed by atoms with Gasteiger partial charge in [-0.3, -0.25) is 25.2 Å². The minimum absolute atomic E-state index is 0.0609. The monoisotopic (exact) mass is 374 g/mol. The van der Waals surface area contributed by atoms with Crippen LogP contribution < -0.4 is 15.6 Å². The third-order valence-corrected chi connectivity index (χ3v) is 5.69. The Bertz CT molecular complexity index is 742. The van der Waals surface area contributed by atoms with E-state index >= 15 is 0 Å². The number of aryl methyl sites for hydroxylation is 2. The van der Waals surface area contributed by atoms with Gasteiger partial charge in [0, 0.05) is 0 Å². The smallest absolute Gasteiger partial charge is 0.307 e. The molecule has 2 amide bonds. The number of hydrogen-bond acceptors (Lipinski definition) is 4.